The van der Waals surface area contributed by atoms with Crippen molar-refractivity contribution < 1.29 is 14.3 Å². The molecular weight excluding hydrogens is 328 g/mol. The Kier molecular flexibility index (Phi) is 6.21. The second-order valence-corrected chi connectivity index (χ2v) is 5.52. The van der Waals surface area contributed by atoms with E-state index in [1.165, 1.54) is 14.0 Å². The number of carbonyl (C=O) groups excluding carboxylic acids is 2. The summed E-state index contributed by atoms with van der Waals surface area (Å²) in [6.45, 7) is 2.14. The van der Waals surface area contributed by atoms with Crippen molar-refractivity contribution in [2.45, 2.75) is 6.92 Å². The molecule has 126 valence electrons. The molecule has 0 aliphatic carbocycles. The lowest BCUT2D eigenvalue weighted by atomic mass is 10.2. The van der Waals surface area contributed by atoms with Crippen molar-refractivity contribution in [3.63, 3.8) is 0 Å². The number of benzene rings is 2. The van der Waals surface area contributed by atoms with Crippen molar-refractivity contribution in [1.29, 1.82) is 0 Å². The van der Waals surface area contributed by atoms with Crippen LogP contribution in [0.5, 0.6) is 5.75 Å². The van der Waals surface area contributed by atoms with E-state index >= 15 is 0 Å². The van der Waals surface area contributed by atoms with Gasteiger partial charge in [-0.15, -0.1) is 0 Å². The van der Waals surface area contributed by atoms with Gasteiger partial charge >= 0.3 is 0 Å². The maximum atomic E-state index is 12.0. The molecule has 0 fully saturated rings. The number of nitrogens with zero attached hydrogens (tertiary/aromatic N) is 1. The van der Waals surface area contributed by atoms with E-state index in [1.54, 1.807) is 47.4 Å². The summed E-state index contributed by atoms with van der Waals surface area (Å²) in [6.07, 6.45) is 0. The summed E-state index contributed by atoms with van der Waals surface area (Å²) in [5.74, 6) is 0.235. The minimum Gasteiger partial charge on any atom is -0.495 e. The summed E-state index contributed by atoms with van der Waals surface area (Å²) in [5.41, 5.74) is 1.24. The van der Waals surface area contributed by atoms with Crippen molar-refractivity contribution in [2.24, 2.45) is 0 Å². The molecule has 0 aromatic heterocycles. The maximum absolute atomic E-state index is 12.0. The van der Waals surface area contributed by atoms with Gasteiger partial charge in [0, 0.05) is 31.3 Å². The van der Waals surface area contributed by atoms with E-state index in [1.807, 2.05) is 6.07 Å². The van der Waals surface area contributed by atoms with Crippen LogP contribution in [-0.2, 0) is 4.79 Å². The fraction of sp³-hybridized carbons (Fsp3) is 0.222. The molecule has 2 aromatic rings. The molecular formula is C18H19ClN2O3. The lowest BCUT2D eigenvalue weighted by Gasteiger charge is -2.22. The molecule has 5 nitrogen and oxygen atoms in total. The van der Waals surface area contributed by atoms with Crippen LogP contribution < -0.4 is 15.0 Å². The fourth-order valence-corrected chi connectivity index (χ4v) is 2.52. The van der Waals surface area contributed by atoms with Crippen molar-refractivity contribution in [3.05, 3.63) is 59.1 Å². The first-order valence-electron chi connectivity index (χ1n) is 7.48. The maximum Gasteiger partial charge on any atom is 0.251 e. The molecule has 2 aromatic carbocycles. The van der Waals surface area contributed by atoms with Crippen LogP contribution in [0.3, 0.4) is 0 Å². The summed E-state index contributed by atoms with van der Waals surface area (Å²) >= 11 is 6.11. The highest BCUT2D eigenvalue weighted by molar-refractivity contribution is 6.32. The second kappa shape index (κ2) is 8.36. The van der Waals surface area contributed by atoms with Gasteiger partial charge in [0.25, 0.3) is 5.91 Å². The Hall–Kier alpha value is -2.53. The monoisotopic (exact) mass is 346 g/mol. The predicted molar refractivity (Wildman–Crippen MR) is 94.8 cm³/mol. The Balaban J connectivity index is 2.00. The Bertz CT molecular complexity index is 719. The van der Waals surface area contributed by atoms with Gasteiger partial charge in [-0.1, -0.05) is 29.8 Å². The van der Waals surface area contributed by atoms with Crippen molar-refractivity contribution in [2.75, 3.05) is 25.1 Å². The lowest BCUT2D eigenvalue weighted by Crippen LogP contribution is -2.37. The number of ether oxygens (including phenoxy) is 1. The van der Waals surface area contributed by atoms with Crippen LogP contribution in [0, 0.1) is 0 Å². The highest BCUT2D eigenvalue weighted by Crippen LogP contribution is 2.29. The second-order valence-electron chi connectivity index (χ2n) is 5.11. The lowest BCUT2D eigenvalue weighted by molar-refractivity contribution is -0.116. The molecule has 6 heteroatoms. The molecule has 2 rings (SSSR count). The van der Waals surface area contributed by atoms with E-state index in [9.17, 15) is 9.59 Å². The first-order valence-corrected chi connectivity index (χ1v) is 7.85. The molecule has 0 bridgehead atoms. The van der Waals surface area contributed by atoms with E-state index < -0.39 is 0 Å². The summed E-state index contributed by atoms with van der Waals surface area (Å²) < 4.78 is 5.11. The first kappa shape index (κ1) is 17.8. The topological polar surface area (TPSA) is 58.6 Å². The van der Waals surface area contributed by atoms with Crippen LogP contribution in [0.1, 0.15) is 17.3 Å². The minimum atomic E-state index is -0.174. The third kappa shape index (κ3) is 4.49. The average molecular weight is 347 g/mol. The minimum absolute atomic E-state index is 0.134. The van der Waals surface area contributed by atoms with Gasteiger partial charge in [0.05, 0.1) is 12.1 Å². The normalized spacial score (nSPS) is 10.1. The Morgan fingerprint density at radius 2 is 1.88 bits per heavy atom. The highest BCUT2D eigenvalue weighted by atomic mass is 35.5. The van der Waals surface area contributed by atoms with Gasteiger partial charge in [-0.05, 0) is 30.3 Å². The van der Waals surface area contributed by atoms with Gasteiger partial charge in [-0.3, -0.25) is 9.59 Å². The quantitative estimate of drug-likeness (QED) is 0.874. The molecule has 0 spiro atoms. The number of amides is 2. The standard InChI is InChI=1S/C18H19ClN2O3/c1-13(22)21(15-8-9-17(24-2)16(19)12-15)11-10-20-18(23)14-6-4-3-5-7-14/h3-9,12H,10-11H2,1-2H3,(H,20,23). The summed E-state index contributed by atoms with van der Waals surface area (Å²) in [5, 5.41) is 3.23. The highest BCUT2D eigenvalue weighted by Gasteiger charge is 2.14. The number of nitrogens with one attached hydrogen (secondary N) is 1. The van der Waals surface area contributed by atoms with Gasteiger partial charge in [0.15, 0.2) is 0 Å². The first-order chi connectivity index (χ1) is 11.5. The fourth-order valence-electron chi connectivity index (χ4n) is 2.26. The number of rotatable bonds is 6. The predicted octanol–water partition coefficient (Wildman–Crippen LogP) is 3.13. The number of hydrogen-bond acceptors (Lipinski definition) is 3. The van der Waals surface area contributed by atoms with Crippen LogP contribution in [-0.4, -0.2) is 32.0 Å². The SMILES string of the molecule is COc1ccc(N(CCNC(=O)c2ccccc2)C(C)=O)cc1Cl. The van der Waals surface area contributed by atoms with Crippen molar-refractivity contribution in [3.8, 4) is 5.75 Å². The van der Waals surface area contributed by atoms with Gasteiger partial charge in [-0.25, -0.2) is 0 Å². The van der Waals surface area contributed by atoms with Crippen molar-refractivity contribution in [1.82, 2.24) is 5.32 Å². The number of methoxy groups -OCH3 is 1. The van der Waals surface area contributed by atoms with E-state index in [2.05, 4.69) is 5.32 Å². The van der Waals surface area contributed by atoms with E-state index in [-0.39, 0.29) is 11.8 Å². The average Bonchev–Trinajstić information content (AvgIpc) is 2.59. The number of carbonyl (C=O) groups is 2. The van der Waals surface area contributed by atoms with Crippen LogP contribution in [0.25, 0.3) is 0 Å². The zero-order valence-electron chi connectivity index (χ0n) is 13.6. The summed E-state index contributed by atoms with van der Waals surface area (Å²) in [4.78, 5) is 25.5. The van der Waals surface area contributed by atoms with E-state index in [0.717, 1.165) is 0 Å². The summed E-state index contributed by atoms with van der Waals surface area (Å²) in [6, 6.07) is 14.1. The molecule has 0 saturated carbocycles. The van der Waals surface area contributed by atoms with Gasteiger partial charge in [-0.2, -0.15) is 0 Å². The largest absolute Gasteiger partial charge is 0.495 e. The smallest absolute Gasteiger partial charge is 0.251 e. The van der Waals surface area contributed by atoms with Gasteiger partial charge in [0.2, 0.25) is 5.91 Å². The zero-order valence-corrected chi connectivity index (χ0v) is 14.3. The molecule has 0 unspecified atom stereocenters. The molecule has 0 radical (unpaired) electrons. The molecule has 0 aliphatic heterocycles. The summed E-state index contributed by atoms with van der Waals surface area (Å²) in [7, 11) is 1.53. The van der Waals surface area contributed by atoms with Crippen LogP contribution in [0.15, 0.2) is 48.5 Å². The van der Waals surface area contributed by atoms with Crippen LogP contribution in [0.4, 0.5) is 5.69 Å². The van der Waals surface area contributed by atoms with Gasteiger partial charge in [0.1, 0.15) is 5.75 Å². The molecule has 0 aliphatic rings. The Morgan fingerprint density at radius 1 is 1.17 bits per heavy atom. The molecule has 0 saturated heterocycles. The molecule has 1 N–H and O–H groups in total. The van der Waals surface area contributed by atoms with Crippen LogP contribution >= 0.6 is 11.6 Å². The third-order valence-corrected chi connectivity index (χ3v) is 3.78. The number of halogens is 1. The molecule has 24 heavy (non-hydrogen) atoms. The van der Waals surface area contributed by atoms with Crippen LogP contribution in [0.2, 0.25) is 5.02 Å². The Labute approximate surface area is 146 Å². The number of anilines is 1. The molecule has 2 amide bonds. The van der Waals surface area contributed by atoms with E-state index in [0.29, 0.717) is 35.1 Å². The van der Waals surface area contributed by atoms with E-state index in [4.69, 9.17) is 16.3 Å². The third-order valence-electron chi connectivity index (χ3n) is 3.48. The van der Waals surface area contributed by atoms with Crippen molar-refractivity contribution >= 4 is 29.1 Å². The molecule has 0 heterocycles. The van der Waals surface area contributed by atoms with Gasteiger partial charge < -0.3 is 15.0 Å². The Morgan fingerprint density at radius 3 is 2.46 bits per heavy atom. The molecule has 0 atom stereocenters. The number of hydrogen-bond donors (Lipinski definition) is 1. The zero-order chi connectivity index (χ0) is 17.5.